The quantitative estimate of drug-likeness (QED) is 0.432. The number of sulfonamides is 1. The summed E-state index contributed by atoms with van der Waals surface area (Å²) in [5.74, 6) is 0.805. The molecule has 0 radical (unpaired) electrons. The minimum absolute atomic E-state index is 0.127. The fourth-order valence-corrected chi connectivity index (χ4v) is 6.72. The Balaban J connectivity index is 1.40. The van der Waals surface area contributed by atoms with Gasteiger partial charge >= 0.3 is 0 Å². The molecule has 172 valence electrons. The summed E-state index contributed by atoms with van der Waals surface area (Å²) in [4.78, 5) is 19.9. The van der Waals surface area contributed by atoms with Crippen molar-refractivity contribution in [3.63, 3.8) is 0 Å². The molecule has 0 aliphatic carbocycles. The molecule has 0 atom stereocenters. The standard InChI is InChI=1S/C21H22N6O4S2/c1-13-6-4-5-7-16(13)20-23-27-18(28)12-17(22-21(27)32-20)25-8-10-26(11-9-25)33(29,30)19-14(2)24-31-15(19)3/h4-7,12H,8-11H2,1-3H3. The molecule has 5 rings (SSSR count). The molecule has 0 unspecified atom stereocenters. The summed E-state index contributed by atoms with van der Waals surface area (Å²) in [5, 5.41) is 8.95. The topological polar surface area (TPSA) is 114 Å². The van der Waals surface area contributed by atoms with Gasteiger partial charge in [0.15, 0.2) is 5.76 Å². The average molecular weight is 487 g/mol. The predicted octanol–water partition coefficient (Wildman–Crippen LogP) is 2.24. The normalized spacial score (nSPS) is 15.4. The summed E-state index contributed by atoms with van der Waals surface area (Å²) in [7, 11) is -3.70. The van der Waals surface area contributed by atoms with Crippen molar-refractivity contribution in [1.29, 1.82) is 0 Å². The van der Waals surface area contributed by atoms with Gasteiger partial charge in [-0.1, -0.05) is 40.8 Å². The predicted molar refractivity (Wildman–Crippen MR) is 124 cm³/mol. The van der Waals surface area contributed by atoms with Gasteiger partial charge in [0.1, 0.15) is 21.4 Å². The number of hydrogen-bond acceptors (Lipinski definition) is 9. The summed E-state index contributed by atoms with van der Waals surface area (Å²) >= 11 is 1.35. The molecule has 1 aliphatic rings. The van der Waals surface area contributed by atoms with Crippen LogP contribution in [0.2, 0.25) is 0 Å². The van der Waals surface area contributed by atoms with Crippen LogP contribution in [0.25, 0.3) is 15.5 Å². The minimum Gasteiger partial charge on any atom is -0.360 e. The molecule has 33 heavy (non-hydrogen) atoms. The van der Waals surface area contributed by atoms with E-state index >= 15 is 0 Å². The van der Waals surface area contributed by atoms with Crippen molar-refractivity contribution < 1.29 is 12.9 Å². The highest BCUT2D eigenvalue weighted by molar-refractivity contribution is 7.89. The molecule has 1 aliphatic heterocycles. The number of piperazine rings is 1. The van der Waals surface area contributed by atoms with E-state index in [1.807, 2.05) is 36.1 Å². The van der Waals surface area contributed by atoms with Crippen LogP contribution in [0.5, 0.6) is 0 Å². The highest BCUT2D eigenvalue weighted by Gasteiger charge is 2.33. The van der Waals surface area contributed by atoms with Gasteiger partial charge in [-0.15, -0.1) is 0 Å². The first-order valence-electron chi connectivity index (χ1n) is 10.4. The van der Waals surface area contributed by atoms with Crippen LogP contribution in [0.4, 0.5) is 5.82 Å². The summed E-state index contributed by atoms with van der Waals surface area (Å²) in [6.07, 6.45) is 0. The number of rotatable bonds is 4. The second-order valence-corrected chi connectivity index (χ2v) is 10.7. The van der Waals surface area contributed by atoms with Crippen LogP contribution in [0.3, 0.4) is 0 Å². The lowest BCUT2D eigenvalue weighted by molar-refractivity contribution is 0.378. The molecule has 3 aromatic heterocycles. The first-order valence-corrected chi connectivity index (χ1v) is 12.7. The molecule has 4 aromatic rings. The Morgan fingerprint density at radius 2 is 1.79 bits per heavy atom. The first-order chi connectivity index (χ1) is 15.8. The molecule has 0 N–H and O–H groups in total. The number of fused-ring (bicyclic) bond motifs is 1. The SMILES string of the molecule is Cc1ccccc1-c1nn2c(=O)cc(N3CCN(S(=O)(=O)c4c(C)noc4C)CC3)nc2s1. The van der Waals surface area contributed by atoms with E-state index in [1.54, 1.807) is 13.8 Å². The van der Waals surface area contributed by atoms with Gasteiger partial charge in [-0.2, -0.15) is 13.9 Å². The number of anilines is 1. The molecule has 10 nitrogen and oxygen atoms in total. The maximum atomic E-state index is 13.1. The zero-order valence-corrected chi connectivity index (χ0v) is 20.0. The van der Waals surface area contributed by atoms with Gasteiger partial charge in [-0.25, -0.2) is 13.4 Å². The molecule has 4 heterocycles. The van der Waals surface area contributed by atoms with E-state index in [2.05, 4.69) is 15.2 Å². The van der Waals surface area contributed by atoms with Gasteiger partial charge in [-0.3, -0.25) is 4.79 Å². The van der Waals surface area contributed by atoms with Gasteiger partial charge < -0.3 is 9.42 Å². The van der Waals surface area contributed by atoms with Gasteiger partial charge in [0, 0.05) is 37.8 Å². The molecular formula is C21H22N6O4S2. The van der Waals surface area contributed by atoms with Crippen molar-refractivity contribution in [2.45, 2.75) is 25.7 Å². The fourth-order valence-electron chi connectivity index (χ4n) is 4.01. The number of aryl methyl sites for hydroxylation is 3. The average Bonchev–Trinajstić information content (AvgIpc) is 3.37. The summed E-state index contributed by atoms with van der Waals surface area (Å²) < 4.78 is 33.9. The van der Waals surface area contributed by atoms with Crippen molar-refractivity contribution in [1.82, 2.24) is 24.1 Å². The smallest absolute Gasteiger partial charge is 0.277 e. The van der Waals surface area contributed by atoms with E-state index in [1.165, 1.54) is 26.2 Å². The van der Waals surface area contributed by atoms with Crippen molar-refractivity contribution >= 4 is 32.1 Å². The molecule has 1 saturated heterocycles. The third-order valence-electron chi connectivity index (χ3n) is 5.74. The molecule has 12 heteroatoms. The molecule has 0 saturated carbocycles. The Hall–Kier alpha value is -3.09. The van der Waals surface area contributed by atoms with Gasteiger partial charge in [0.2, 0.25) is 15.0 Å². The van der Waals surface area contributed by atoms with E-state index in [0.29, 0.717) is 29.6 Å². The fraction of sp³-hybridized carbons (Fsp3) is 0.333. The highest BCUT2D eigenvalue weighted by atomic mass is 32.2. The van der Waals surface area contributed by atoms with Crippen LogP contribution in [-0.2, 0) is 10.0 Å². The van der Waals surface area contributed by atoms with Crippen LogP contribution in [0, 0.1) is 20.8 Å². The van der Waals surface area contributed by atoms with Crippen molar-refractivity contribution in [2.24, 2.45) is 0 Å². The van der Waals surface area contributed by atoms with Crippen molar-refractivity contribution in [3.05, 3.63) is 57.7 Å². The van der Waals surface area contributed by atoms with Crippen LogP contribution < -0.4 is 10.5 Å². The number of nitrogens with zero attached hydrogens (tertiary/aromatic N) is 6. The molecule has 1 aromatic carbocycles. The van der Waals surface area contributed by atoms with Crippen LogP contribution in [0.15, 0.2) is 44.5 Å². The van der Waals surface area contributed by atoms with Crippen LogP contribution in [-0.4, -0.2) is 58.7 Å². The Kier molecular flexibility index (Phi) is 5.30. The maximum absolute atomic E-state index is 13.1. The van der Waals surface area contributed by atoms with Crippen LogP contribution in [0.1, 0.15) is 17.0 Å². The number of aromatic nitrogens is 4. The van der Waals surface area contributed by atoms with Crippen molar-refractivity contribution in [2.75, 3.05) is 31.1 Å². The zero-order valence-electron chi connectivity index (χ0n) is 18.3. The highest BCUT2D eigenvalue weighted by Crippen LogP contribution is 2.28. The van der Waals surface area contributed by atoms with Gasteiger partial charge in [0.25, 0.3) is 5.56 Å². The lowest BCUT2D eigenvalue weighted by Crippen LogP contribution is -2.49. The Labute approximate surface area is 194 Å². The summed E-state index contributed by atoms with van der Waals surface area (Å²) in [5.41, 5.74) is 2.12. The Bertz CT molecular complexity index is 1490. The molecular weight excluding hydrogens is 464 g/mol. The third kappa shape index (κ3) is 3.73. The Morgan fingerprint density at radius 3 is 2.45 bits per heavy atom. The van der Waals surface area contributed by atoms with Crippen molar-refractivity contribution in [3.8, 4) is 10.6 Å². The second-order valence-electron chi connectivity index (χ2n) is 7.91. The largest absolute Gasteiger partial charge is 0.360 e. The lowest BCUT2D eigenvalue weighted by Gasteiger charge is -2.34. The van der Waals surface area contributed by atoms with E-state index in [9.17, 15) is 13.2 Å². The number of hydrogen-bond donors (Lipinski definition) is 0. The first kappa shape index (κ1) is 21.7. The number of benzene rings is 1. The second kappa shape index (κ2) is 8.04. The molecule has 0 amide bonds. The maximum Gasteiger partial charge on any atom is 0.277 e. The molecule has 0 bridgehead atoms. The lowest BCUT2D eigenvalue weighted by atomic mass is 10.1. The van der Waals surface area contributed by atoms with E-state index in [0.717, 1.165) is 16.1 Å². The molecule has 0 spiro atoms. The van der Waals surface area contributed by atoms with Gasteiger partial charge in [-0.05, 0) is 26.3 Å². The minimum atomic E-state index is -3.70. The van der Waals surface area contributed by atoms with E-state index < -0.39 is 10.0 Å². The molecule has 1 fully saturated rings. The van der Waals surface area contributed by atoms with Crippen LogP contribution >= 0.6 is 11.3 Å². The van der Waals surface area contributed by atoms with Gasteiger partial charge in [0.05, 0.1) is 0 Å². The van der Waals surface area contributed by atoms with E-state index in [4.69, 9.17) is 4.52 Å². The summed E-state index contributed by atoms with van der Waals surface area (Å²) in [6, 6.07) is 9.32. The summed E-state index contributed by atoms with van der Waals surface area (Å²) in [6.45, 7) is 6.57. The zero-order chi connectivity index (χ0) is 23.3. The monoisotopic (exact) mass is 486 g/mol. The van der Waals surface area contributed by atoms with E-state index in [-0.39, 0.29) is 29.3 Å². The Morgan fingerprint density at radius 1 is 1.06 bits per heavy atom. The third-order valence-corrected chi connectivity index (χ3v) is 8.82.